The number of amides is 2. The van der Waals surface area contributed by atoms with Gasteiger partial charge in [0, 0.05) is 11.3 Å². The van der Waals surface area contributed by atoms with Crippen LogP contribution < -0.4 is 10.6 Å². The molecule has 110 valence electrons. The summed E-state index contributed by atoms with van der Waals surface area (Å²) >= 11 is 1.78. The number of carboxylic acids is 1. The van der Waals surface area contributed by atoms with Crippen LogP contribution in [0.25, 0.3) is 0 Å². The van der Waals surface area contributed by atoms with Crippen LogP contribution in [-0.2, 0) is 4.79 Å². The van der Waals surface area contributed by atoms with E-state index in [2.05, 4.69) is 16.9 Å². The van der Waals surface area contributed by atoms with E-state index in [4.69, 9.17) is 0 Å². The summed E-state index contributed by atoms with van der Waals surface area (Å²) in [6.45, 7) is 4.14. The first-order chi connectivity index (χ1) is 8.93. The third-order valence-corrected chi connectivity index (χ3v) is 5.66. The van der Waals surface area contributed by atoms with E-state index in [1.54, 1.807) is 25.6 Å². The summed E-state index contributed by atoms with van der Waals surface area (Å²) in [5.41, 5.74) is -1.16. The molecule has 0 aliphatic heterocycles. The summed E-state index contributed by atoms with van der Waals surface area (Å²) in [5.74, 6) is -0.976. The van der Waals surface area contributed by atoms with Crippen molar-refractivity contribution in [2.75, 3.05) is 12.8 Å². The molecule has 1 aliphatic carbocycles. The maximum Gasteiger partial charge on any atom is 0.329 e. The molecule has 1 aliphatic rings. The number of aliphatic carboxylic acids is 1. The van der Waals surface area contributed by atoms with E-state index in [1.807, 2.05) is 0 Å². The Morgan fingerprint density at radius 3 is 2.21 bits per heavy atom. The minimum absolute atomic E-state index is 0.154. The highest BCUT2D eigenvalue weighted by molar-refractivity contribution is 8.00. The molecule has 3 N–H and O–H groups in total. The third-order valence-electron chi connectivity index (χ3n) is 4.24. The van der Waals surface area contributed by atoms with E-state index in [-0.39, 0.29) is 10.8 Å². The maximum atomic E-state index is 11.9. The fourth-order valence-electron chi connectivity index (χ4n) is 2.31. The standard InChI is InChI=1S/C13H24N2O3S/c1-4-13(5-2,10(16)17)15-11(18)14-9-12(19-3)7-6-8-12/h4-9H2,1-3H3,(H,16,17)(H2,14,15,18). The first-order valence-electron chi connectivity index (χ1n) is 6.78. The van der Waals surface area contributed by atoms with E-state index in [0.717, 1.165) is 12.8 Å². The van der Waals surface area contributed by atoms with Gasteiger partial charge in [-0.15, -0.1) is 0 Å². The lowest BCUT2D eigenvalue weighted by Gasteiger charge is -2.40. The second-order valence-electron chi connectivity index (χ2n) is 5.14. The van der Waals surface area contributed by atoms with Crippen molar-refractivity contribution in [3.8, 4) is 0 Å². The molecule has 0 heterocycles. The molecule has 2 amide bonds. The number of rotatable bonds is 7. The maximum absolute atomic E-state index is 11.9. The molecule has 19 heavy (non-hydrogen) atoms. The Morgan fingerprint density at radius 2 is 1.89 bits per heavy atom. The molecule has 1 rings (SSSR count). The molecule has 0 bridgehead atoms. The van der Waals surface area contributed by atoms with Crippen LogP contribution in [0, 0.1) is 0 Å². The number of thioether (sulfide) groups is 1. The summed E-state index contributed by atoms with van der Waals surface area (Å²) in [6, 6.07) is -0.383. The summed E-state index contributed by atoms with van der Waals surface area (Å²) in [5, 5.41) is 14.7. The van der Waals surface area contributed by atoms with Crippen molar-refractivity contribution < 1.29 is 14.7 Å². The van der Waals surface area contributed by atoms with Gasteiger partial charge in [0.15, 0.2) is 0 Å². The minimum atomic E-state index is -1.16. The van der Waals surface area contributed by atoms with Gasteiger partial charge < -0.3 is 15.7 Å². The van der Waals surface area contributed by atoms with Crippen LogP contribution in [0.15, 0.2) is 0 Å². The van der Waals surface area contributed by atoms with E-state index in [1.165, 1.54) is 6.42 Å². The van der Waals surface area contributed by atoms with Gasteiger partial charge in [0.25, 0.3) is 0 Å². The Hall–Kier alpha value is -0.910. The quantitative estimate of drug-likeness (QED) is 0.671. The molecule has 0 saturated heterocycles. The van der Waals surface area contributed by atoms with Crippen LogP contribution in [0.4, 0.5) is 4.79 Å². The van der Waals surface area contributed by atoms with Crippen LogP contribution in [0.2, 0.25) is 0 Å². The van der Waals surface area contributed by atoms with Crippen LogP contribution in [0.3, 0.4) is 0 Å². The van der Waals surface area contributed by atoms with Crippen LogP contribution in [0.5, 0.6) is 0 Å². The first-order valence-corrected chi connectivity index (χ1v) is 8.00. The van der Waals surface area contributed by atoms with E-state index >= 15 is 0 Å². The molecule has 0 aromatic rings. The number of carbonyl (C=O) groups excluding carboxylic acids is 1. The molecule has 0 radical (unpaired) electrons. The Morgan fingerprint density at radius 1 is 1.32 bits per heavy atom. The van der Waals surface area contributed by atoms with Gasteiger partial charge in [-0.2, -0.15) is 11.8 Å². The second-order valence-corrected chi connectivity index (χ2v) is 6.42. The average molecular weight is 288 g/mol. The molecule has 1 saturated carbocycles. The first kappa shape index (κ1) is 16.1. The number of hydrogen-bond acceptors (Lipinski definition) is 3. The normalized spacial score (nSPS) is 17.4. The Kier molecular flexibility index (Phi) is 5.52. The van der Waals surface area contributed by atoms with Gasteiger partial charge in [0.05, 0.1) is 0 Å². The molecule has 0 spiro atoms. The molecule has 0 aromatic heterocycles. The highest BCUT2D eigenvalue weighted by Crippen LogP contribution is 2.42. The lowest BCUT2D eigenvalue weighted by atomic mass is 9.84. The number of carboxylic acid groups (broad SMARTS) is 1. The largest absolute Gasteiger partial charge is 0.480 e. The van der Waals surface area contributed by atoms with Crippen molar-refractivity contribution in [3.05, 3.63) is 0 Å². The third kappa shape index (κ3) is 3.55. The summed E-state index contributed by atoms with van der Waals surface area (Å²) in [6.07, 6.45) is 6.23. The Bertz CT molecular complexity index is 333. The average Bonchev–Trinajstić information content (AvgIpc) is 2.35. The topological polar surface area (TPSA) is 78.4 Å². The molecular formula is C13H24N2O3S. The number of nitrogens with one attached hydrogen (secondary N) is 2. The van der Waals surface area contributed by atoms with Crippen LogP contribution in [0.1, 0.15) is 46.0 Å². The number of carbonyl (C=O) groups is 2. The summed E-state index contributed by atoms with van der Waals surface area (Å²) in [4.78, 5) is 23.2. The molecule has 5 nitrogen and oxygen atoms in total. The fraction of sp³-hybridized carbons (Fsp3) is 0.846. The van der Waals surface area contributed by atoms with Crippen molar-refractivity contribution >= 4 is 23.8 Å². The second kappa shape index (κ2) is 6.50. The van der Waals surface area contributed by atoms with Gasteiger partial charge in [0.1, 0.15) is 5.54 Å². The van der Waals surface area contributed by atoms with Gasteiger partial charge in [-0.05, 0) is 31.9 Å². The van der Waals surface area contributed by atoms with Gasteiger partial charge in [0.2, 0.25) is 0 Å². The lowest BCUT2D eigenvalue weighted by Crippen LogP contribution is -2.58. The van der Waals surface area contributed by atoms with Crippen molar-refractivity contribution in [2.45, 2.75) is 56.2 Å². The molecule has 0 atom stereocenters. The van der Waals surface area contributed by atoms with Crippen molar-refractivity contribution in [1.29, 1.82) is 0 Å². The SMILES string of the molecule is CCC(CC)(NC(=O)NCC1(SC)CCC1)C(=O)O. The zero-order chi connectivity index (χ0) is 14.5. The van der Waals surface area contributed by atoms with E-state index in [9.17, 15) is 14.7 Å². The zero-order valence-corrected chi connectivity index (χ0v) is 12.7. The predicted molar refractivity (Wildman–Crippen MR) is 77.6 cm³/mol. The Labute approximate surface area is 118 Å². The van der Waals surface area contributed by atoms with Gasteiger partial charge in [-0.1, -0.05) is 20.3 Å². The minimum Gasteiger partial charge on any atom is -0.480 e. The molecule has 0 unspecified atom stereocenters. The van der Waals surface area contributed by atoms with E-state index in [0.29, 0.717) is 19.4 Å². The van der Waals surface area contributed by atoms with Crippen molar-refractivity contribution in [2.24, 2.45) is 0 Å². The van der Waals surface area contributed by atoms with Crippen LogP contribution in [-0.4, -0.2) is 40.2 Å². The van der Waals surface area contributed by atoms with Gasteiger partial charge >= 0.3 is 12.0 Å². The van der Waals surface area contributed by atoms with Crippen molar-refractivity contribution in [3.63, 3.8) is 0 Å². The molecular weight excluding hydrogens is 264 g/mol. The molecule has 1 fully saturated rings. The smallest absolute Gasteiger partial charge is 0.329 e. The highest BCUT2D eigenvalue weighted by atomic mass is 32.2. The Balaban J connectivity index is 2.51. The predicted octanol–water partition coefficient (Wildman–Crippen LogP) is 2.21. The number of urea groups is 1. The van der Waals surface area contributed by atoms with Crippen LogP contribution >= 0.6 is 11.8 Å². The number of hydrogen-bond donors (Lipinski definition) is 3. The monoisotopic (exact) mass is 288 g/mol. The molecule has 6 heteroatoms. The highest BCUT2D eigenvalue weighted by Gasteiger charge is 2.39. The van der Waals surface area contributed by atoms with Gasteiger partial charge in [-0.3, -0.25) is 0 Å². The van der Waals surface area contributed by atoms with Gasteiger partial charge in [-0.25, -0.2) is 9.59 Å². The summed E-state index contributed by atoms with van der Waals surface area (Å²) < 4.78 is 0.154. The van der Waals surface area contributed by atoms with E-state index < -0.39 is 11.5 Å². The van der Waals surface area contributed by atoms with Crippen molar-refractivity contribution in [1.82, 2.24) is 10.6 Å². The zero-order valence-electron chi connectivity index (χ0n) is 11.9. The molecule has 0 aromatic carbocycles. The summed E-state index contributed by atoms with van der Waals surface area (Å²) in [7, 11) is 0. The lowest BCUT2D eigenvalue weighted by molar-refractivity contribution is -0.144. The fourth-order valence-corrected chi connectivity index (χ4v) is 3.22.